The SMILES string of the molecule is C=CCOCCCCCCOc1c(F)c(F)c(-c2c(F)c(F)c(O)c(F)c2F)c(F)c1F. The maximum Gasteiger partial charge on any atom is 0.204 e. The van der Waals surface area contributed by atoms with E-state index in [9.17, 15) is 35.1 Å². The number of aromatic hydroxyl groups is 1. The fraction of sp³-hybridized carbons (Fsp3) is 0.333. The van der Waals surface area contributed by atoms with E-state index in [-0.39, 0.29) is 13.0 Å². The third-order valence-electron chi connectivity index (χ3n) is 4.38. The van der Waals surface area contributed by atoms with Crippen LogP contribution in [0.1, 0.15) is 25.7 Å². The summed E-state index contributed by atoms with van der Waals surface area (Å²) in [6.07, 6.45) is 3.72. The molecule has 0 saturated carbocycles. The summed E-state index contributed by atoms with van der Waals surface area (Å²) < 4.78 is 122. The molecule has 0 heterocycles. The number of halogens is 8. The zero-order valence-corrected chi connectivity index (χ0v) is 16.5. The molecule has 0 atom stereocenters. The number of unbranched alkanes of at least 4 members (excludes halogenated alkanes) is 3. The van der Waals surface area contributed by atoms with E-state index in [1.54, 1.807) is 6.08 Å². The van der Waals surface area contributed by atoms with Crippen LogP contribution in [0.4, 0.5) is 35.1 Å². The van der Waals surface area contributed by atoms with Gasteiger partial charge in [-0.1, -0.05) is 12.5 Å². The highest BCUT2D eigenvalue weighted by Crippen LogP contribution is 2.41. The number of phenols is 1. The molecular weight excluding hydrogens is 452 g/mol. The van der Waals surface area contributed by atoms with E-state index in [0.29, 0.717) is 32.5 Å². The predicted octanol–water partition coefficient (Wildman–Crippen LogP) is 6.31. The summed E-state index contributed by atoms with van der Waals surface area (Å²) >= 11 is 0. The number of hydrogen-bond acceptors (Lipinski definition) is 3. The van der Waals surface area contributed by atoms with Crippen LogP contribution in [-0.2, 0) is 4.74 Å². The van der Waals surface area contributed by atoms with Gasteiger partial charge in [0, 0.05) is 6.61 Å². The minimum atomic E-state index is -2.44. The summed E-state index contributed by atoms with van der Waals surface area (Å²) in [5.41, 5.74) is -4.09. The number of phenolic OH excluding ortho intramolecular Hbond substituents is 1. The largest absolute Gasteiger partial charge is 0.503 e. The molecule has 0 spiro atoms. The van der Waals surface area contributed by atoms with E-state index in [1.807, 2.05) is 0 Å². The zero-order chi connectivity index (χ0) is 24.0. The number of benzene rings is 2. The highest BCUT2D eigenvalue weighted by Gasteiger charge is 2.34. The smallest absolute Gasteiger partial charge is 0.204 e. The quantitative estimate of drug-likeness (QED) is 0.181. The van der Waals surface area contributed by atoms with Gasteiger partial charge in [-0.25, -0.2) is 17.6 Å². The van der Waals surface area contributed by atoms with Crippen LogP contribution >= 0.6 is 0 Å². The molecule has 11 heteroatoms. The van der Waals surface area contributed by atoms with Gasteiger partial charge in [-0.05, 0) is 19.3 Å². The fourth-order valence-electron chi connectivity index (χ4n) is 2.80. The second-order valence-corrected chi connectivity index (χ2v) is 6.57. The van der Waals surface area contributed by atoms with E-state index in [2.05, 4.69) is 6.58 Å². The lowest BCUT2D eigenvalue weighted by molar-refractivity contribution is 0.156. The van der Waals surface area contributed by atoms with Crippen LogP contribution in [0, 0.1) is 46.5 Å². The minimum absolute atomic E-state index is 0.253. The monoisotopic (exact) mass is 470 g/mol. The van der Waals surface area contributed by atoms with Crippen LogP contribution in [0.3, 0.4) is 0 Å². The molecule has 0 aromatic heterocycles. The summed E-state index contributed by atoms with van der Waals surface area (Å²) in [5, 5.41) is 8.95. The standard InChI is InChI=1S/C21H18F8O3/c1-2-7-31-8-5-3-4-6-9-32-21-18(28)14(24)11(15(25)19(21)29)10-12(22)16(26)20(30)17(27)13(10)23/h2,30H,1,3-9H2. The Morgan fingerprint density at radius 1 is 0.625 bits per heavy atom. The Morgan fingerprint density at radius 3 is 1.53 bits per heavy atom. The van der Waals surface area contributed by atoms with Crippen molar-refractivity contribution in [3.8, 4) is 22.6 Å². The van der Waals surface area contributed by atoms with E-state index in [1.165, 1.54) is 0 Å². The molecule has 2 aromatic rings. The maximum absolute atomic E-state index is 14.4. The lowest BCUT2D eigenvalue weighted by atomic mass is 10.0. The Balaban J connectivity index is 2.23. The van der Waals surface area contributed by atoms with Crippen molar-refractivity contribution in [2.24, 2.45) is 0 Å². The molecule has 0 radical (unpaired) electrons. The number of ether oxygens (including phenoxy) is 2. The van der Waals surface area contributed by atoms with Gasteiger partial charge in [0.25, 0.3) is 0 Å². The first-order chi connectivity index (χ1) is 15.1. The molecule has 2 rings (SSSR count). The zero-order valence-electron chi connectivity index (χ0n) is 16.5. The Morgan fingerprint density at radius 2 is 1.06 bits per heavy atom. The van der Waals surface area contributed by atoms with Crippen LogP contribution in [-0.4, -0.2) is 24.9 Å². The van der Waals surface area contributed by atoms with E-state index < -0.39 is 69.2 Å². The topological polar surface area (TPSA) is 38.7 Å². The maximum atomic E-state index is 14.4. The summed E-state index contributed by atoms with van der Waals surface area (Å²) in [5.74, 6) is -22.2. The van der Waals surface area contributed by atoms with Gasteiger partial charge in [0.1, 0.15) is 0 Å². The van der Waals surface area contributed by atoms with Gasteiger partial charge in [-0.15, -0.1) is 6.58 Å². The molecular formula is C21H18F8O3. The van der Waals surface area contributed by atoms with Crippen LogP contribution in [0.25, 0.3) is 11.1 Å². The van der Waals surface area contributed by atoms with Crippen LogP contribution in [0.5, 0.6) is 11.5 Å². The van der Waals surface area contributed by atoms with Crippen molar-refractivity contribution in [3.05, 3.63) is 59.2 Å². The molecule has 0 fully saturated rings. The molecule has 0 bridgehead atoms. The molecule has 0 aliphatic carbocycles. The predicted molar refractivity (Wildman–Crippen MR) is 98.2 cm³/mol. The Labute approximate surface area is 177 Å². The van der Waals surface area contributed by atoms with Crippen molar-refractivity contribution in [1.29, 1.82) is 0 Å². The third-order valence-corrected chi connectivity index (χ3v) is 4.38. The first kappa shape index (κ1) is 25.4. The number of rotatable bonds is 11. The first-order valence-corrected chi connectivity index (χ1v) is 9.37. The summed E-state index contributed by atoms with van der Waals surface area (Å²) in [7, 11) is 0. The third kappa shape index (κ3) is 5.14. The highest BCUT2D eigenvalue weighted by atomic mass is 19.2. The van der Waals surface area contributed by atoms with Crippen LogP contribution in [0.2, 0.25) is 0 Å². The molecule has 176 valence electrons. The molecule has 0 aliphatic rings. The molecule has 0 amide bonds. The van der Waals surface area contributed by atoms with Gasteiger partial charge in [-0.3, -0.25) is 0 Å². The van der Waals surface area contributed by atoms with Gasteiger partial charge in [0.2, 0.25) is 23.3 Å². The molecule has 0 aliphatic heterocycles. The van der Waals surface area contributed by atoms with Gasteiger partial charge < -0.3 is 14.6 Å². The second kappa shape index (κ2) is 11.2. The molecule has 32 heavy (non-hydrogen) atoms. The van der Waals surface area contributed by atoms with Crippen LogP contribution in [0.15, 0.2) is 12.7 Å². The van der Waals surface area contributed by atoms with Gasteiger partial charge in [-0.2, -0.15) is 17.6 Å². The average Bonchev–Trinajstić information content (AvgIpc) is 2.78. The van der Waals surface area contributed by atoms with Crippen molar-refractivity contribution in [1.82, 2.24) is 0 Å². The number of hydrogen-bond donors (Lipinski definition) is 1. The van der Waals surface area contributed by atoms with Crippen molar-refractivity contribution in [2.45, 2.75) is 25.7 Å². The van der Waals surface area contributed by atoms with Gasteiger partial charge in [0.05, 0.1) is 24.3 Å². The lowest BCUT2D eigenvalue weighted by Crippen LogP contribution is -2.10. The first-order valence-electron chi connectivity index (χ1n) is 9.37. The van der Waals surface area contributed by atoms with Crippen molar-refractivity contribution in [3.63, 3.8) is 0 Å². The fourth-order valence-corrected chi connectivity index (χ4v) is 2.80. The van der Waals surface area contributed by atoms with E-state index in [4.69, 9.17) is 14.6 Å². The highest BCUT2D eigenvalue weighted by molar-refractivity contribution is 5.69. The molecule has 0 saturated heterocycles. The average molecular weight is 470 g/mol. The normalized spacial score (nSPS) is 11.1. The van der Waals surface area contributed by atoms with Gasteiger partial charge in [0.15, 0.2) is 34.8 Å². The Hall–Kier alpha value is -2.82. The summed E-state index contributed by atoms with van der Waals surface area (Å²) in [6.45, 7) is 4.00. The second-order valence-electron chi connectivity index (χ2n) is 6.57. The van der Waals surface area contributed by atoms with E-state index in [0.717, 1.165) is 0 Å². The van der Waals surface area contributed by atoms with Crippen molar-refractivity contribution < 1.29 is 49.7 Å². The van der Waals surface area contributed by atoms with Crippen molar-refractivity contribution in [2.75, 3.05) is 19.8 Å². The van der Waals surface area contributed by atoms with E-state index >= 15 is 0 Å². The molecule has 0 unspecified atom stereocenters. The Bertz CT molecular complexity index is 936. The lowest BCUT2D eigenvalue weighted by Gasteiger charge is -2.15. The van der Waals surface area contributed by atoms with Gasteiger partial charge >= 0.3 is 0 Å². The molecule has 1 N–H and O–H groups in total. The van der Waals surface area contributed by atoms with Crippen LogP contribution < -0.4 is 4.74 Å². The minimum Gasteiger partial charge on any atom is -0.503 e. The summed E-state index contributed by atoms with van der Waals surface area (Å²) in [4.78, 5) is 0. The van der Waals surface area contributed by atoms with Crippen molar-refractivity contribution >= 4 is 0 Å². The molecule has 2 aromatic carbocycles. The molecule has 3 nitrogen and oxygen atoms in total. The Kier molecular flexibility index (Phi) is 8.88. The summed E-state index contributed by atoms with van der Waals surface area (Å²) in [6, 6.07) is 0.